The number of H-pyrrole nitrogens is 1. The molecule has 3 heterocycles. The second-order valence-corrected chi connectivity index (χ2v) is 9.46. The molecule has 0 bridgehead atoms. The van der Waals surface area contributed by atoms with E-state index in [9.17, 15) is 14.4 Å². The number of hydrogen-bond donors (Lipinski definition) is 3. The van der Waals surface area contributed by atoms with E-state index < -0.39 is 11.8 Å². The molecule has 1 atom stereocenters. The van der Waals surface area contributed by atoms with Crippen LogP contribution in [0, 0.1) is 0 Å². The van der Waals surface area contributed by atoms with Crippen LogP contribution in [-0.4, -0.2) is 34.2 Å². The Balaban J connectivity index is 1.34. The molecule has 1 fully saturated rings. The molecule has 8 nitrogen and oxygen atoms in total. The first-order chi connectivity index (χ1) is 18.4. The van der Waals surface area contributed by atoms with Crippen molar-refractivity contribution in [2.24, 2.45) is 5.73 Å². The van der Waals surface area contributed by atoms with Crippen LogP contribution in [0.3, 0.4) is 0 Å². The van der Waals surface area contributed by atoms with Gasteiger partial charge in [-0.15, -0.1) is 0 Å². The maximum Gasteiger partial charge on any atom is 0.249 e. The van der Waals surface area contributed by atoms with E-state index in [0.717, 1.165) is 47.2 Å². The average molecular weight is 508 g/mol. The number of pyridine rings is 1. The SMILES string of the molecule is CC(C(=O)Nc1cnc2[nH]cc(C=C(C(N)=O)c3ccccc3)c2c1)c1ccc(N2CCCCC2=O)cc1. The van der Waals surface area contributed by atoms with Crippen LogP contribution in [0.5, 0.6) is 0 Å². The summed E-state index contributed by atoms with van der Waals surface area (Å²) in [6, 6.07) is 18.6. The molecule has 1 saturated heterocycles. The fraction of sp³-hybridized carbons (Fsp3) is 0.200. The summed E-state index contributed by atoms with van der Waals surface area (Å²) >= 11 is 0. The number of carbonyl (C=O) groups excluding carboxylic acids is 3. The highest BCUT2D eigenvalue weighted by molar-refractivity contribution is 6.24. The van der Waals surface area contributed by atoms with Gasteiger partial charge in [-0.3, -0.25) is 14.4 Å². The van der Waals surface area contributed by atoms with E-state index in [0.29, 0.717) is 23.3 Å². The van der Waals surface area contributed by atoms with E-state index in [1.807, 2.05) is 72.5 Å². The van der Waals surface area contributed by atoms with E-state index in [2.05, 4.69) is 15.3 Å². The number of nitrogens with zero attached hydrogens (tertiary/aromatic N) is 2. The molecule has 1 aliphatic rings. The quantitative estimate of drug-likeness (QED) is 0.310. The highest BCUT2D eigenvalue weighted by atomic mass is 16.2. The van der Waals surface area contributed by atoms with E-state index in [1.54, 1.807) is 18.5 Å². The monoisotopic (exact) mass is 507 g/mol. The third kappa shape index (κ3) is 5.20. The number of rotatable bonds is 7. The molecule has 1 aliphatic heterocycles. The molecule has 4 N–H and O–H groups in total. The summed E-state index contributed by atoms with van der Waals surface area (Å²) in [5.74, 6) is -0.986. The summed E-state index contributed by atoms with van der Waals surface area (Å²) in [4.78, 5) is 46.8. The summed E-state index contributed by atoms with van der Waals surface area (Å²) in [6.07, 6.45) is 7.58. The molecular formula is C30H29N5O3. The highest BCUT2D eigenvalue weighted by Gasteiger charge is 2.21. The Hall–Kier alpha value is -4.72. The van der Waals surface area contributed by atoms with E-state index >= 15 is 0 Å². The van der Waals surface area contributed by atoms with Gasteiger partial charge in [0, 0.05) is 41.4 Å². The Bertz CT molecular complexity index is 1520. The zero-order valence-corrected chi connectivity index (χ0v) is 21.1. The molecule has 2 aromatic heterocycles. The fourth-order valence-electron chi connectivity index (χ4n) is 4.71. The lowest BCUT2D eigenvalue weighted by Gasteiger charge is -2.27. The number of fused-ring (bicyclic) bond motifs is 1. The fourth-order valence-corrected chi connectivity index (χ4v) is 4.71. The van der Waals surface area contributed by atoms with Gasteiger partial charge in [-0.2, -0.15) is 0 Å². The lowest BCUT2D eigenvalue weighted by Crippen LogP contribution is -2.35. The van der Waals surface area contributed by atoms with Gasteiger partial charge < -0.3 is 20.9 Å². The van der Waals surface area contributed by atoms with Gasteiger partial charge >= 0.3 is 0 Å². The number of nitrogens with two attached hydrogens (primary N) is 1. The highest BCUT2D eigenvalue weighted by Crippen LogP contribution is 2.27. The predicted octanol–water partition coefficient (Wildman–Crippen LogP) is 4.85. The van der Waals surface area contributed by atoms with Crippen molar-refractivity contribution in [3.05, 3.63) is 89.7 Å². The zero-order chi connectivity index (χ0) is 26.6. The minimum Gasteiger partial charge on any atom is -0.366 e. The minimum atomic E-state index is -0.535. The second-order valence-electron chi connectivity index (χ2n) is 9.46. The summed E-state index contributed by atoms with van der Waals surface area (Å²) < 4.78 is 0. The molecule has 8 heteroatoms. The van der Waals surface area contributed by atoms with Gasteiger partial charge in [0.25, 0.3) is 0 Å². The van der Waals surface area contributed by atoms with Crippen molar-refractivity contribution < 1.29 is 14.4 Å². The van der Waals surface area contributed by atoms with Crippen LogP contribution in [0.1, 0.15) is 48.8 Å². The van der Waals surface area contributed by atoms with Gasteiger partial charge in [-0.05, 0) is 55.2 Å². The molecule has 2 aromatic carbocycles. The van der Waals surface area contributed by atoms with Crippen LogP contribution in [-0.2, 0) is 14.4 Å². The molecule has 5 rings (SSSR count). The van der Waals surface area contributed by atoms with E-state index in [1.165, 1.54) is 0 Å². The van der Waals surface area contributed by atoms with Crippen molar-refractivity contribution in [1.29, 1.82) is 0 Å². The van der Waals surface area contributed by atoms with E-state index in [-0.39, 0.29) is 11.8 Å². The third-order valence-electron chi connectivity index (χ3n) is 6.90. The normalized spacial score (nSPS) is 14.9. The number of piperidine rings is 1. The van der Waals surface area contributed by atoms with E-state index in [4.69, 9.17) is 5.73 Å². The average Bonchev–Trinajstić information content (AvgIpc) is 3.34. The van der Waals surface area contributed by atoms with Crippen molar-refractivity contribution in [3.8, 4) is 0 Å². The number of hydrogen-bond acceptors (Lipinski definition) is 4. The second kappa shape index (κ2) is 10.7. The lowest BCUT2D eigenvalue weighted by atomic mass is 9.99. The Morgan fingerprint density at radius 3 is 2.58 bits per heavy atom. The van der Waals surface area contributed by atoms with Crippen LogP contribution < -0.4 is 16.0 Å². The first-order valence-electron chi connectivity index (χ1n) is 12.7. The largest absolute Gasteiger partial charge is 0.366 e. The number of aromatic nitrogens is 2. The van der Waals surface area contributed by atoms with Crippen molar-refractivity contribution >= 4 is 51.8 Å². The van der Waals surface area contributed by atoms with Crippen molar-refractivity contribution in [1.82, 2.24) is 9.97 Å². The van der Waals surface area contributed by atoms with Gasteiger partial charge in [0.05, 0.1) is 17.8 Å². The molecular weight excluding hydrogens is 478 g/mol. The van der Waals surface area contributed by atoms with Gasteiger partial charge in [0.1, 0.15) is 5.65 Å². The number of aromatic amines is 1. The first-order valence-corrected chi connectivity index (χ1v) is 12.7. The smallest absolute Gasteiger partial charge is 0.249 e. The van der Waals surface area contributed by atoms with Crippen LogP contribution in [0.4, 0.5) is 11.4 Å². The zero-order valence-electron chi connectivity index (χ0n) is 21.1. The van der Waals surface area contributed by atoms with Gasteiger partial charge in [0.2, 0.25) is 17.7 Å². The number of carbonyl (C=O) groups is 3. The van der Waals surface area contributed by atoms with Crippen LogP contribution in [0.15, 0.2) is 73.1 Å². The number of anilines is 2. The molecule has 1 unspecified atom stereocenters. The summed E-state index contributed by atoms with van der Waals surface area (Å²) in [7, 11) is 0. The third-order valence-corrected chi connectivity index (χ3v) is 6.90. The molecule has 0 radical (unpaired) electrons. The Labute approximate surface area is 220 Å². The van der Waals surface area contributed by atoms with Crippen molar-refractivity contribution in [3.63, 3.8) is 0 Å². The summed E-state index contributed by atoms with van der Waals surface area (Å²) in [5.41, 5.74) is 10.4. The standard InChI is InChI=1S/C30H29N5O3/c1-19(20-10-12-24(13-11-20)35-14-6-5-9-27(35)36)30(38)34-23-16-26-22(17-32-29(26)33-18-23)15-25(28(31)37)21-7-3-2-4-8-21/h2-4,7-8,10-13,15-19H,5-6,9,14H2,1H3,(H2,31,37)(H,32,33)(H,34,38). The molecule has 3 amide bonds. The lowest BCUT2D eigenvalue weighted by molar-refractivity contribution is -0.119. The number of nitrogens with one attached hydrogen (secondary N) is 2. The Kier molecular flexibility index (Phi) is 7.04. The number of benzene rings is 2. The molecule has 0 aliphatic carbocycles. The maximum atomic E-state index is 13.1. The number of primary amides is 1. The molecule has 192 valence electrons. The van der Waals surface area contributed by atoms with Crippen molar-refractivity contribution in [2.45, 2.75) is 32.1 Å². The predicted molar refractivity (Wildman–Crippen MR) is 149 cm³/mol. The Morgan fingerprint density at radius 1 is 1.11 bits per heavy atom. The molecule has 4 aromatic rings. The minimum absolute atomic E-state index is 0.142. The van der Waals surface area contributed by atoms with Gasteiger partial charge in [-0.25, -0.2) is 4.98 Å². The molecule has 0 spiro atoms. The summed E-state index contributed by atoms with van der Waals surface area (Å²) in [6.45, 7) is 2.57. The van der Waals surface area contributed by atoms with Crippen LogP contribution in [0.25, 0.3) is 22.7 Å². The summed E-state index contributed by atoms with van der Waals surface area (Å²) in [5, 5.41) is 3.70. The van der Waals surface area contributed by atoms with Crippen LogP contribution in [0.2, 0.25) is 0 Å². The van der Waals surface area contributed by atoms with Gasteiger partial charge in [-0.1, -0.05) is 42.5 Å². The molecule has 38 heavy (non-hydrogen) atoms. The van der Waals surface area contributed by atoms with Gasteiger partial charge in [0.15, 0.2) is 0 Å². The van der Waals surface area contributed by atoms with Crippen LogP contribution >= 0.6 is 0 Å². The first kappa shape index (κ1) is 25.0. The van der Waals surface area contributed by atoms with Crippen molar-refractivity contribution in [2.75, 3.05) is 16.8 Å². The Morgan fingerprint density at radius 2 is 1.87 bits per heavy atom. The molecule has 0 saturated carbocycles. The number of amides is 3. The topological polar surface area (TPSA) is 121 Å². The maximum absolute atomic E-state index is 13.1.